The summed E-state index contributed by atoms with van der Waals surface area (Å²) in [6.07, 6.45) is 12.4. The van der Waals surface area contributed by atoms with Crippen molar-refractivity contribution in [3.05, 3.63) is 0 Å². The molecule has 1 N–H and O–H groups in total. The molecule has 9 heteroatoms. The van der Waals surface area contributed by atoms with Gasteiger partial charge in [-0.25, -0.2) is 0 Å². The number of aliphatic hydroxyl groups is 1. The molecule has 8 nitrogen and oxygen atoms in total. The zero-order valence-corrected chi connectivity index (χ0v) is 17.1. The summed E-state index contributed by atoms with van der Waals surface area (Å²) in [6, 6.07) is 0. The van der Waals surface area contributed by atoms with E-state index in [0.717, 1.165) is 19.3 Å². The van der Waals surface area contributed by atoms with Gasteiger partial charge in [0.1, 0.15) is 0 Å². The van der Waals surface area contributed by atoms with Gasteiger partial charge in [-0.3, -0.25) is 9.47 Å². The first-order valence-corrected chi connectivity index (χ1v) is 11.5. The van der Waals surface area contributed by atoms with Gasteiger partial charge in [0.05, 0.1) is 0 Å². The molecule has 4 atom stereocenters. The van der Waals surface area contributed by atoms with E-state index in [2.05, 4.69) is 6.92 Å². The third-order valence-electron chi connectivity index (χ3n) is 5.41. The van der Waals surface area contributed by atoms with Crippen LogP contribution in [0.5, 0.6) is 0 Å². The minimum Gasteiger partial charge on any atom is -0.363 e. The first-order valence-electron chi connectivity index (χ1n) is 10.2. The van der Waals surface area contributed by atoms with Crippen molar-refractivity contribution in [2.24, 2.45) is 0 Å². The number of hydrogen-bond acceptors (Lipinski definition) is 8. The van der Waals surface area contributed by atoms with Crippen molar-refractivity contribution >= 4 is 10.4 Å². The van der Waals surface area contributed by atoms with Crippen LogP contribution >= 0.6 is 0 Å². The lowest BCUT2D eigenvalue weighted by atomic mass is 10.0. The van der Waals surface area contributed by atoms with Gasteiger partial charge in [-0.05, 0) is 13.3 Å². The third kappa shape index (κ3) is 4.34. The molecular weight excluding hydrogens is 376 g/mol. The first-order chi connectivity index (χ1) is 12.8. The van der Waals surface area contributed by atoms with Crippen LogP contribution in [0.3, 0.4) is 0 Å². The Kier molecular flexibility index (Phi) is 6.52. The molecule has 158 valence electrons. The summed E-state index contributed by atoms with van der Waals surface area (Å²) < 4.78 is 48.8. The average Bonchev–Trinajstić information content (AvgIpc) is 2.86. The molecule has 0 saturated carbocycles. The molecule has 3 rings (SSSR count). The molecule has 0 spiro atoms. The summed E-state index contributed by atoms with van der Waals surface area (Å²) in [7, 11) is -4.32. The van der Waals surface area contributed by atoms with Gasteiger partial charge in [0.2, 0.25) is 6.29 Å². The van der Waals surface area contributed by atoms with E-state index in [1.165, 1.54) is 51.4 Å². The summed E-state index contributed by atoms with van der Waals surface area (Å²) in [6.45, 7) is 3.90. The van der Waals surface area contributed by atoms with E-state index in [4.69, 9.17) is 22.6 Å². The van der Waals surface area contributed by atoms with Gasteiger partial charge in [0.15, 0.2) is 5.79 Å². The summed E-state index contributed by atoms with van der Waals surface area (Å²) in [5.74, 6) is -5.12. The zero-order chi connectivity index (χ0) is 19.6. The van der Waals surface area contributed by atoms with Crippen molar-refractivity contribution in [1.82, 2.24) is 0 Å². The topological polar surface area (TPSA) is 101 Å². The molecule has 0 aromatic heterocycles. The molecule has 0 aromatic carbocycles. The van der Waals surface area contributed by atoms with Gasteiger partial charge in [-0.15, -0.1) is 0 Å². The molecule has 0 radical (unpaired) electrons. The van der Waals surface area contributed by atoms with Gasteiger partial charge < -0.3 is 9.84 Å². The van der Waals surface area contributed by atoms with Crippen LogP contribution in [0.15, 0.2) is 0 Å². The van der Waals surface area contributed by atoms with Gasteiger partial charge >= 0.3 is 22.2 Å². The summed E-state index contributed by atoms with van der Waals surface area (Å²) in [5.41, 5.74) is 0. The van der Waals surface area contributed by atoms with E-state index < -0.39 is 34.2 Å². The smallest absolute Gasteiger partial charge is 0.363 e. The van der Waals surface area contributed by atoms with E-state index in [0.29, 0.717) is 6.42 Å². The highest BCUT2D eigenvalue weighted by molar-refractivity contribution is 7.82. The molecule has 0 amide bonds. The highest BCUT2D eigenvalue weighted by atomic mass is 32.3. The lowest BCUT2D eigenvalue weighted by Crippen LogP contribution is -2.71. The highest BCUT2D eigenvalue weighted by Gasteiger charge is 2.88. The van der Waals surface area contributed by atoms with E-state index in [1.54, 1.807) is 6.92 Å². The second-order valence-corrected chi connectivity index (χ2v) is 9.04. The fraction of sp³-hybridized carbons (Fsp3) is 1.00. The summed E-state index contributed by atoms with van der Waals surface area (Å²) in [5, 5.41) is 9.80. The van der Waals surface area contributed by atoms with Crippen molar-refractivity contribution in [2.75, 3.05) is 0 Å². The number of ether oxygens (including phenoxy) is 3. The fourth-order valence-electron chi connectivity index (χ4n) is 3.95. The summed E-state index contributed by atoms with van der Waals surface area (Å²) >= 11 is 0. The molecule has 0 aliphatic carbocycles. The maximum atomic E-state index is 11.5. The highest BCUT2D eigenvalue weighted by Crippen LogP contribution is 2.62. The Hall–Kier alpha value is -0.290. The molecule has 4 unspecified atom stereocenters. The Balaban J connectivity index is 1.31. The van der Waals surface area contributed by atoms with Gasteiger partial charge in [-0.2, -0.15) is 16.8 Å². The number of rotatable bonds is 12. The molecule has 3 aliphatic rings. The Morgan fingerprint density at radius 3 is 1.93 bits per heavy atom. The van der Waals surface area contributed by atoms with E-state index >= 15 is 0 Å². The Labute approximate surface area is 161 Å². The molecule has 3 heterocycles. The van der Waals surface area contributed by atoms with Crippen LogP contribution in [0.2, 0.25) is 0 Å². The minimum absolute atomic E-state index is 0.524. The van der Waals surface area contributed by atoms with Crippen molar-refractivity contribution in [3.63, 3.8) is 0 Å². The molecular formula is C18H32O8S. The SMILES string of the molecule is CCCCCCCCCCCCCC1(C)OC23OC(O)C2(O1)OS(=O)(=O)O3. The van der Waals surface area contributed by atoms with Crippen LogP contribution in [0.4, 0.5) is 0 Å². The van der Waals surface area contributed by atoms with Gasteiger partial charge in [0, 0.05) is 6.42 Å². The second kappa shape index (κ2) is 8.22. The molecule has 3 fully saturated rings. The maximum absolute atomic E-state index is 11.5. The van der Waals surface area contributed by atoms with E-state index in [9.17, 15) is 13.5 Å². The lowest BCUT2D eigenvalue weighted by Gasteiger charge is -2.43. The molecule has 3 aliphatic heterocycles. The van der Waals surface area contributed by atoms with Crippen LogP contribution in [-0.2, 0) is 33.0 Å². The minimum atomic E-state index is -4.32. The van der Waals surface area contributed by atoms with Crippen LogP contribution in [-0.4, -0.2) is 37.4 Å². The van der Waals surface area contributed by atoms with Crippen LogP contribution < -0.4 is 0 Å². The first kappa shape index (κ1) is 21.4. The predicted octanol–water partition coefficient (Wildman–Crippen LogP) is 3.44. The Morgan fingerprint density at radius 2 is 1.41 bits per heavy atom. The fourth-order valence-corrected chi connectivity index (χ4v) is 4.97. The number of aliphatic hydroxyl groups excluding tert-OH is 1. The molecule has 27 heavy (non-hydrogen) atoms. The zero-order valence-electron chi connectivity index (χ0n) is 16.3. The molecule has 0 bridgehead atoms. The van der Waals surface area contributed by atoms with E-state index in [1.807, 2.05) is 0 Å². The van der Waals surface area contributed by atoms with Crippen LogP contribution in [0, 0.1) is 0 Å². The van der Waals surface area contributed by atoms with Crippen molar-refractivity contribution < 1.29 is 36.1 Å². The number of unbranched alkanes of at least 4 members (excludes halogenated alkanes) is 10. The quantitative estimate of drug-likeness (QED) is 0.490. The molecule has 0 aromatic rings. The average molecular weight is 409 g/mol. The van der Waals surface area contributed by atoms with Gasteiger partial charge in [-0.1, -0.05) is 71.1 Å². The number of hydrogen-bond donors (Lipinski definition) is 1. The lowest BCUT2D eigenvalue weighted by molar-refractivity contribution is -0.524. The monoisotopic (exact) mass is 408 g/mol. The molecule has 3 saturated heterocycles. The Morgan fingerprint density at radius 1 is 0.852 bits per heavy atom. The largest absolute Gasteiger partial charge is 0.407 e. The van der Waals surface area contributed by atoms with Crippen molar-refractivity contribution in [1.29, 1.82) is 0 Å². The Bertz CT molecular complexity index is 610. The van der Waals surface area contributed by atoms with Crippen molar-refractivity contribution in [2.45, 2.75) is 115 Å². The maximum Gasteiger partial charge on any atom is 0.407 e. The second-order valence-electron chi connectivity index (χ2n) is 7.89. The standard InChI is InChI=1S/C18H32O8S/c1-3-4-5-6-7-8-9-10-11-12-13-14-16(2)23-17-15(19)22-18(17,24-16)26-27(20,21)25-17/h15,19H,3-14H2,1-2H3. The normalized spacial score (nSPS) is 39.1. The van der Waals surface area contributed by atoms with E-state index in [-0.39, 0.29) is 0 Å². The predicted molar refractivity (Wildman–Crippen MR) is 95.3 cm³/mol. The van der Waals surface area contributed by atoms with Crippen LogP contribution in [0.1, 0.15) is 90.9 Å². The third-order valence-corrected chi connectivity index (χ3v) is 6.28. The van der Waals surface area contributed by atoms with Crippen molar-refractivity contribution in [3.8, 4) is 0 Å². The van der Waals surface area contributed by atoms with Gasteiger partial charge in [0.25, 0.3) is 0 Å². The van der Waals surface area contributed by atoms with Crippen LogP contribution in [0.25, 0.3) is 0 Å². The summed E-state index contributed by atoms with van der Waals surface area (Å²) in [4.78, 5) is 0.